The summed E-state index contributed by atoms with van der Waals surface area (Å²) in [7, 11) is 0. The molecule has 0 aliphatic carbocycles. The molecule has 0 saturated heterocycles. The Kier molecular flexibility index (Phi) is 15.3. The minimum absolute atomic E-state index is 0.155. The summed E-state index contributed by atoms with van der Waals surface area (Å²) in [5.41, 5.74) is 10.2. The topological polar surface area (TPSA) is 207 Å². The van der Waals surface area contributed by atoms with Crippen LogP contribution in [0.4, 0.5) is 9.93 Å². The summed E-state index contributed by atoms with van der Waals surface area (Å²) in [6.45, 7) is 6.25. The first-order valence-electron chi connectivity index (χ1n) is 20.8. The van der Waals surface area contributed by atoms with Gasteiger partial charge in [-0.15, -0.1) is 11.3 Å². The molecule has 0 unspecified atom stereocenters. The molecular weight excluding hydrogens is 962 g/mol. The highest BCUT2D eigenvalue weighted by molar-refractivity contribution is 7.22. The molecule has 8 aromatic rings. The number of ketones is 2. The smallest absolute Gasteiger partial charge is 0.339 e. The summed E-state index contributed by atoms with van der Waals surface area (Å²) in [4.78, 5) is 83.5. The number of nitrogens with zero attached hydrogens (tertiary/aromatic N) is 2. The zero-order chi connectivity index (χ0) is 49.3. The first kappa shape index (κ1) is 49.2. The number of carbonyl (C=O) groups is 6. The molecule has 6 aromatic carbocycles. The van der Waals surface area contributed by atoms with Crippen LogP contribution in [0.15, 0.2) is 146 Å². The van der Waals surface area contributed by atoms with Crippen molar-refractivity contribution in [3.8, 4) is 11.5 Å². The highest BCUT2D eigenvalue weighted by Crippen LogP contribution is 2.27. The van der Waals surface area contributed by atoms with Crippen LogP contribution in [0.3, 0.4) is 0 Å². The predicted molar refractivity (Wildman–Crippen MR) is 267 cm³/mol. The van der Waals surface area contributed by atoms with Gasteiger partial charge in [-0.1, -0.05) is 58.8 Å². The molecule has 0 aliphatic rings. The number of amides is 5. The molecular formula is C50H41Cl2N7O8S2. The van der Waals surface area contributed by atoms with Crippen LogP contribution in [0, 0.1) is 0 Å². The van der Waals surface area contributed by atoms with Gasteiger partial charge in [0.1, 0.15) is 11.5 Å². The number of hydrogen-bond donors (Lipinski definition) is 5. The van der Waals surface area contributed by atoms with Gasteiger partial charge in [-0.25, -0.2) is 20.2 Å². The van der Waals surface area contributed by atoms with Crippen molar-refractivity contribution in [2.24, 2.45) is 0 Å². The number of benzene rings is 6. The summed E-state index contributed by atoms with van der Waals surface area (Å²) in [6, 6.07) is 40.4. The van der Waals surface area contributed by atoms with E-state index in [1.54, 1.807) is 125 Å². The molecule has 0 aliphatic heterocycles. The van der Waals surface area contributed by atoms with Crippen molar-refractivity contribution in [1.29, 1.82) is 0 Å². The number of urea groups is 1. The number of hydrazine groups is 2. The van der Waals surface area contributed by atoms with Crippen LogP contribution in [-0.2, 0) is 9.59 Å². The maximum atomic E-state index is 12.6. The van der Waals surface area contributed by atoms with Crippen LogP contribution in [0.5, 0.6) is 11.5 Å². The van der Waals surface area contributed by atoms with Crippen LogP contribution in [0.2, 0.25) is 10.0 Å². The molecule has 0 radical (unpaired) electrons. The number of rotatable bonds is 12. The molecule has 0 atom stereocenters. The highest BCUT2D eigenvalue weighted by atomic mass is 35.5. The van der Waals surface area contributed by atoms with Crippen LogP contribution in [-0.4, -0.2) is 56.5 Å². The van der Waals surface area contributed by atoms with E-state index in [-0.39, 0.29) is 16.6 Å². The van der Waals surface area contributed by atoms with Gasteiger partial charge in [-0.2, -0.15) is 0 Å². The minimum Gasteiger partial charge on any atom is -0.478 e. The zero-order valence-corrected chi connectivity index (χ0v) is 40.2. The Morgan fingerprint density at radius 2 is 0.870 bits per heavy atom. The molecule has 0 fully saturated rings. The van der Waals surface area contributed by atoms with Gasteiger partial charge in [0, 0.05) is 32.3 Å². The molecule has 19 heteroatoms. The Morgan fingerprint density at radius 3 is 1.30 bits per heavy atom. The second kappa shape index (κ2) is 21.5. The predicted octanol–water partition coefficient (Wildman–Crippen LogP) is 9.99. The molecule has 0 spiro atoms. The van der Waals surface area contributed by atoms with Gasteiger partial charge in [-0.05, 0) is 149 Å². The lowest BCUT2D eigenvalue weighted by Crippen LogP contribution is -2.53. The molecule has 2 heterocycles. The lowest BCUT2D eigenvalue weighted by molar-refractivity contribution is -0.135. The molecule has 0 saturated carbocycles. The summed E-state index contributed by atoms with van der Waals surface area (Å²) in [5, 5.41) is 4.33. The Bertz CT molecular complexity index is 3110. The van der Waals surface area contributed by atoms with Crippen LogP contribution in [0.1, 0.15) is 69.3 Å². The summed E-state index contributed by atoms with van der Waals surface area (Å²) in [6.07, 6.45) is 0. The van der Waals surface area contributed by atoms with Gasteiger partial charge >= 0.3 is 6.03 Å². The number of hydrogen-bond acceptors (Lipinski definition) is 12. The van der Waals surface area contributed by atoms with E-state index in [1.807, 2.05) is 48.5 Å². The molecule has 2 aromatic heterocycles. The maximum absolute atomic E-state index is 12.6. The maximum Gasteiger partial charge on any atom is 0.339 e. The largest absolute Gasteiger partial charge is 0.478 e. The lowest BCUT2D eigenvalue weighted by Gasteiger charge is -2.25. The van der Waals surface area contributed by atoms with Gasteiger partial charge in [0.15, 0.2) is 32.9 Å². The van der Waals surface area contributed by atoms with E-state index in [0.29, 0.717) is 54.4 Å². The standard InChI is InChI=1S/C25H21ClN4O4S.C25H20ClN3O4S/c1-25(2,22(32)29-30-23(33)28-24-27-19-5-3-4-6-20(19)35-24)34-18-13-9-16(10-14-18)21(31)15-7-11-17(26)12-8-15;1-25(2,24(32)29-28-22(31)23-27-19-5-3-4-6-20(19)34-23)33-18-13-9-16(10-14-18)21(30)15-7-11-17(26)12-8-15/h3-14H,1-2H3,(H,29,32)(H2,27,28,30,33);3-14H,1-2H3,(H,28,31)(H,29,32). The normalized spacial score (nSPS) is 11.1. The number of para-hydroxylation sites is 2. The monoisotopic (exact) mass is 1000 g/mol. The SMILES string of the molecule is CC(C)(Oc1ccc(C(=O)c2ccc(Cl)cc2)cc1)C(=O)NNC(=O)Nc1nc2ccccc2s1.CC(C)(Oc1ccc(C(=O)c2ccc(Cl)cc2)cc1)C(=O)NNC(=O)c1nc2ccccc2s1. The zero-order valence-electron chi connectivity index (χ0n) is 37.1. The minimum atomic E-state index is -1.31. The Labute approximate surface area is 413 Å². The van der Waals surface area contributed by atoms with Crippen molar-refractivity contribution in [2.45, 2.75) is 38.9 Å². The molecule has 69 heavy (non-hydrogen) atoms. The molecule has 0 bridgehead atoms. The number of anilines is 1. The number of ether oxygens (including phenoxy) is 2. The first-order valence-corrected chi connectivity index (χ1v) is 23.2. The Balaban J connectivity index is 0.000000204. The van der Waals surface area contributed by atoms with Crippen LogP contribution in [0.25, 0.3) is 20.4 Å². The number of fused-ring (bicyclic) bond motifs is 2. The average Bonchev–Trinajstić information content (AvgIpc) is 3.97. The van der Waals surface area contributed by atoms with Crippen molar-refractivity contribution in [1.82, 2.24) is 31.7 Å². The average molecular weight is 1000 g/mol. The van der Waals surface area contributed by atoms with Gasteiger partial charge < -0.3 is 9.47 Å². The van der Waals surface area contributed by atoms with Crippen LogP contribution < -0.4 is 36.5 Å². The van der Waals surface area contributed by atoms with Crippen molar-refractivity contribution in [3.63, 3.8) is 0 Å². The second-order valence-electron chi connectivity index (χ2n) is 15.9. The summed E-state index contributed by atoms with van der Waals surface area (Å²) in [5.74, 6) is -1.18. The van der Waals surface area contributed by atoms with E-state index in [9.17, 15) is 28.8 Å². The molecule has 350 valence electrons. The summed E-state index contributed by atoms with van der Waals surface area (Å²) < 4.78 is 13.4. The van der Waals surface area contributed by atoms with Crippen LogP contribution >= 0.6 is 45.9 Å². The first-order chi connectivity index (χ1) is 32.9. The van der Waals surface area contributed by atoms with Gasteiger partial charge in [0.25, 0.3) is 17.7 Å². The Hall–Kier alpha value is -7.70. The second-order valence-corrected chi connectivity index (χ2v) is 18.8. The third-order valence-corrected chi connectivity index (χ3v) is 12.4. The van der Waals surface area contributed by atoms with E-state index in [1.165, 1.54) is 22.7 Å². The van der Waals surface area contributed by atoms with E-state index in [0.717, 1.165) is 14.9 Å². The van der Waals surface area contributed by atoms with E-state index >= 15 is 0 Å². The van der Waals surface area contributed by atoms with E-state index in [2.05, 4.69) is 37.0 Å². The van der Waals surface area contributed by atoms with Gasteiger partial charge in [-0.3, -0.25) is 45.6 Å². The molecule has 5 amide bonds. The quantitative estimate of drug-likeness (QED) is 0.0578. The number of thiazole rings is 2. The fourth-order valence-corrected chi connectivity index (χ4v) is 8.15. The molecule has 15 nitrogen and oxygen atoms in total. The fourth-order valence-electron chi connectivity index (χ4n) is 6.17. The number of halogens is 2. The summed E-state index contributed by atoms with van der Waals surface area (Å²) >= 11 is 14.3. The van der Waals surface area contributed by atoms with Crippen molar-refractivity contribution < 1.29 is 38.2 Å². The number of aromatic nitrogens is 2. The third-order valence-electron chi connectivity index (χ3n) is 9.87. The van der Waals surface area contributed by atoms with Gasteiger partial charge in [0.05, 0.1) is 20.4 Å². The van der Waals surface area contributed by atoms with E-state index in [4.69, 9.17) is 32.7 Å². The molecule has 5 N–H and O–H groups in total. The Morgan fingerprint density at radius 1 is 0.478 bits per heavy atom. The molecule has 8 rings (SSSR count). The fraction of sp³-hybridized carbons (Fsp3) is 0.120. The number of carbonyl (C=O) groups excluding carboxylic acids is 6. The lowest BCUT2D eigenvalue weighted by atomic mass is 10.0. The third kappa shape index (κ3) is 12.8. The van der Waals surface area contributed by atoms with Crippen molar-refractivity contribution >= 4 is 107 Å². The van der Waals surface area contributed by atoms with Crippen molar-refractivity contribution in [3.05, 3.63) is 183 Å². The number of nitrogens with one attached hydrogen (secondary N) is 5. The van der Waals surface area contributed by atoms with E-state index < -0.39 is 35.0 Å². The van der Waals surface area contributed by atoms with Gasteiger partial charge in [0.2, 0.25) is 0 Å². The highest BCUT2D eigenvalue weighted by Gasteiger charge is 2.32. The van der Waals surface area contributed by atoms with Crippen molar-refractivity contribution in [2.75, 3.05) is 5.32 Å².